The molecule has 43 heavy (non-hydrogen) atoms. The molecule has 0 atom stereocenters. The van der Waals surface area contributed by atoms with Crippen molar-refractivity contribution in [3.8, 4) is 0 Å². The lowest BCUT2D eigenvalue weighted by atomic mass is 9.89. The summed E-state index contributed by atoms with van der Waals surface area (Å²) in [6.45, 7) is 4.42. The molecule has 0 fully saturated rings. The van der Waals surface area contributed by atoms with E-state index in [4.69, 9.17) is 0 Å². The van der Waals surface area contributed by atoms with Gasteiger partial charge in [-0.05, 0) is 68.0 Å². The predicted octanol–water partition coefficient (Wildman–Crippen LogP) is 9.18. The van der Waals surface area contributed by atoms with Crippen LogP contribution in [-0.2, 0) is 0 Å². The molecule has 0 saturated heterocycles. The third-order valence-electron chi connectivity index (χ3n) is 8.65. The first-order valence-electron chi connectivity index (χ1n) is 15.0. The molecule has 1 heteroatoms. The van der Waals surface area contributed by atoms with E-state index in [1.807, 2.05) is 0 Å². The minimum atomic E-state index is -2.90. The van der Waals surface area contributed by atoms with E-state index in [1.165, 1.54) is 65.3 Å². The number of hydrogen-bond donors (Lipinski definition) is 0. The van der Waals surface area contributed by atoms with E-state index in [0.717, 1.165) is 0 Å². The lowest BCUT2D eigenvalue weighted by Gasteiger charge is -2.36. The summed E-state index contributed by atoms with van der Waals surface area (Å²) in [5.74, 6) is 0. The van der Waals surface area contributed by atoms with Crippen molar-refractivity contribution < 1.29 is 0 Å². The molecule has 206 valence electrons. The van der Waals surface area contributed by atoms with Crippen LogP contribution in [0.1, 0.15) is 33.4 Å². The Morgan fingerprint density at radius 3 is 1.00 bits per heavy atom. The normalized spacial score (nSPS) is 14.3. The lowest BCUT2D eigenvalue weighted by molar-refractivity contribution is 1.45. The quantitative estimate of drug-likeness (QED) is 0.176. The molecule has 0 aliphatic carbocycles. The molecule has 6 aromatic carbocycles. The summed E-state index contributed by atoms with van der Waals surface area (Å²) < 4.78 is 0. The summed E-state index contributed by atoms with van der Waals surface area (Å²) in [6.07, 6.45) is 0. The molecule has 0 radical (unpaired) electrons. The largest absolute Gasteiger partial charge is 0.182 e. The Bertz CT molecular complexity index is 1800. The van der Waals surface area contributed by atoms with Gasteiger partial charge >= 0.3 is 0 Å². The van der Waals surface area contributed by atoms with Crippen LogP contribution >= 0.6 is 0 Å². The number of aryl methyl sites for hydroxylation is 2. The molecule has 0 amide bonds. The zero-order valence-corrected chi connectivity index (χ0v) is 25.7. The van der Waals surface area contributed by atoms with E-state index in [1.54, 1.807) is 0 Å². The van der Waals surface area contributed by atoms with Gasteiger partial charge in [0.05, 0.1) is 0 Å². The van der Waals surface area contributed by atoms with Gasteiger partial charge in [-0.2, -0.15) is 0 Å². The van der Waals surface area contributed by atoms with Crippen LogP contribution in [0.5, 0.6) is 0 Å². The number of allylic oxidation sites excluding steroid dienone is 2. The minimum absolute atomic E-state index is 1.25. The van der Waals surface area contributed by atoms with E-state index in [0.29, 0.717) is 0 Å². The van der Waals surface area contributed by atoms with Gasteiger partial charge in [-0.25, -0.2) is 0 Å². The van der Waals surface area contributed by atoms with Gasteiger partial charge in [0.25, 0.3) is 0 Å². The van der Waals surface area contributed by atoms with Gasteiger partial charge in [-0.15, -0.1) is 0 Å². The maximum atomic E-state index is 2.40. The summed E-state index contributed by atoms with van der Waals surface area (Å²) in [7, 11) is -2.90. The van der Waals surface area contributed by atoms with Gasteiger partial charge in [-0.3, -0.25) is 0 Å². The van der Waals surface area contributed by atoms with Crippen LogP contribution in [0.3, 0.4) is 0 Å². The van der Waals surface area contributed by atoms with Crippen molar-refractivity contribution in [2.75, 3.05) is 0 Å². The van der Waals surface area contributed by atoms with Gasteiger partial charge in [0.1, 0.15) is 0 Å². The van der Waals surface area contributed by atoms with Crippen LogP contribution in [0.25, 0.3) is 21.5 Å². The molecule has 1 heterocycles. The molecule has 0 nitrogen and oxygen atoms in total. The van der Waals surface area contributed by atoms with Crippen molar-refractivity contribution in [3.05, 3.63) is 203 Å². The third kappa shape index (κ3) is 4.63. The molecule has 6 aromatic rings. The highest BCUT2D eigenvalue weighted by molar-refractivity contribution is 7.29. The summed E-state index contributed by atoms with van der Waals surface area (Å²) in [5, 5.41) is 5.70. The van der Waals surface area contributed by atoms with Gasteiger partial charge < -0.3 is 0 Å². The first-order valence-corrected chi connectivity index (χ1v) is 17.0. The second kappa shape index (κ2) is 11.4. The Kier molecular flexibility index (Phi) is 7.10. The first kappa shape index (κ1) is 26.9. The van der Waals surface area contributed by atoms with Crippen molar-refractivity contribution in [3.63, 3.8) is 0 Å². The Labute approximate surface area is 256 Å². The highest BCUT2D eigenvalue weighted by Gasteiger charge is 2.53. The maximum absolute atomic E-state index is 2.90. The zero-order chi connectivity index (χ0) is 29.2. The standard InChI is InChI=1S/C42H34Si/c1-31-17-15-23-35(29-31)41-39(33-19-7-3-8-20-33)40(34-21-9-4-10-22-34)42(36-24-16-18-32(2)30-36)43(41,37-25-11-5-12-26-37)38-27-13-6-14-28-38/h3-30H,1-2H3. The van der Waals surface area contributed by atoms with Crippen LogP contribution < -0.4 is 10.4 Å². The number of rotatable bonds is 6. The van der Waals surface area contributed by atoms with Crippen molar-refractivity contribution in [1.29, 1.82) is 0 Å². The van der Waals surface area contributed by atoms with Crippen LogP contribution in [0.4, 0.5) is 0 Å². The molecule has 0 spiro atoms. The molecule has 7 rings (SSSR count). The number of hydrogen-bond acceptors (Lipinski definition) is 0. The predicted molar refractivity (Wildman–Crippen MR) is 187 cm³/mol. The van der Waals surface area contributed by atoms with E-state index in [9.17, 15) is 0 Å². The Balaban J connectivity index is 1.79. The molecule has 1 aliphatic heterocycles. The van der Waals surface area contributed by atoms with Crippen molar-refractivity contribution in [2.45, 2.75) is 13.8 Å². The summed E-state index contributed by atoms with van der Waals surface area (Å²) in [4.78, 5) is 0. The first-order chi connectivity index (χ1) is 21.2. The van der Waals surface area contributed by atoms with Crippen molar-refractivity contribution in [1.82, 2.24) is 0 Å². The summed E-state index contributed by atoms with van der Waals surface area (Å²) >= 11 is 0. The highest BCUT2D eigenvalue weighted by atomic mass is 28.3. The monoisotopic (exact) mass is 566 g/mol. The second-order valence-corrected chi connectivity index (χ2v) is 15.1. The third-order valence-corrected chi connectivity index (χ3v) is 13.6. The van der Waals surface area contributed by atoms with Crippen LogP contribution in [-0.4, -0.2) is 8.07 Å². The summed E-state index contributed by atoms with van der Waals surface area (Å²) in [5.41, 5.74) is 10.3. The van der Waals surface area contributed by atoms with Crippen molar-refractivity contribution >= 4 is 40.0 Å². The second-order valence-electron chi connectivity index (χ2n) is 11.5. The Hall–Kier alpha value is -4.98. The lowest BCUT2D eigenvalue weighted by Crippen LogP contribution is -2.59. The molecule has 0 bridgehead atoms. The maximum Gasteiger partial charge on any atom is 0.182 e. The highest BCUT2D eigenvalue weighted by Crippen LogP contribution is 2.55. The van der Waals surface area contributed by atoms with Gasteiger partial charge in [-0.1, -0.05) is 181 Å². The molecular weight excluding hydrogens is 533 g/mol. The molecular formula is C42H34Si. The Morgan fingerprint density at radius 2 is 0.651 bits per heavy atom. The minimum Gasteiger partial charge on any atom is -0.0623 e. The average Bonchev–Trinajstić information content (AvgIpc) is 3.39. The molecule has 0 N–H and O–H groups in total. The molecule has 0 aromatic heterocycles. The fourth-order valence-corrected chi connectivity index (χ4v) is 12.6. The van der Waals surface area contributed by atoms with E-state index < -0.39 is 8.07 Å². The van der Waals surface area contributed by atoms with Crippen LogP contribution in [0.15, 0.2) is 170 Å². The SMILES string of the molecule is Cc1cccc(C2=C(c3ccccc3)C(c3ccccc3)=C(c3cccc(C)c3)[Si]2(c2ccccc2)c2ccccc2)c1. The van der Waals surface area contributed by atoms with Crippen LogP contribution in [0.2, 0.25) is 0 Å². The van der Waals surface area contributed by atoms with E-state index >= 15 is 0 Å². The fourth-order valence-electron chi connectivity index (χ4n) is 6.98. The molecule has 0 saturated carbocycles. The molecule has 1 aliphatic rings. The van der Waals surface area contributed by atoms with Gasteiger partial charge in [0.2, 0.25) is 0 Å². The summed E-state index contributed by atoms with van der Waals surface area (Å²) in [6, 6.07) is 63.1. The van der Waals surface area contributed by atoms with Gasteiger partial charge in [0.15, 0.2) is 8.07 Å². The van der Waals surface area contributed by atoms with Crippen LogP contribution in [0, 0.1) is 13.8 Å². The van der Waals surface area contributed by atoms with E-state index in [-0.39, 0.29) is 0 Å². The fraction of sp³-hybridized carbons (Fsp3) is 0.0476. The van der Waals surface area contributed by atoms with Crippen molar-refractivity contribution in [2.24, 2.45) is 0 Å². The van der Waals surface area contributed by atoms with E-state index in [2.05, 4.69) is 184 Å². The molecule has 0 unspecified atom stereocenters. The topological polar surface area (TPSA) is 0 Å². The number of benzene rings is 6. The Morgan fingerprint density at radius 1 is 0.326 bits per heavy atom. The zero-order valence-electron chi connectivity index (χ0n) is 24.7. The van der Waals surface area contributed by atoms with Gasteiger partial charge in [0, 0.05) is 0 Å². The smallest absolute Gasteiger partial charge is 0.0623 e. The average molecular weight is 567 g/mol.